The van der Waals surface area contributed by atoms with Crippen LogP contribution < -0.4 is 0 Å². The molecule has 5 heteroatoms. The summed E-state index contributed by atoms with van der Waals surface area (Å²) in [5.41, 5.74) is 0.742. The van der Waals surface area contributed by atoms with E-state index in [9.17, 15) is 4.79 Å². The van der Waals surface area contributed by atoms with Crippen molar-refractivity contribution in [3.05, 3.63) is 35.9 Å². The van der Waals surface area contributed by atoms with Crippen LogP contribution in [0.3, 0.4) is 0 Å². The molecule has 1 amide bonds. The van der Waals surface area contributed by atoms with Crippen LogP contribution in [-0.2, 0) is 0 Å². The zero-order valence-corrected chi connectivity index (χ0v) is 11.2. The van der Waals surface area contributed by atoms with Crippen LogP contribution in [0.15, 0.2) is 30.3 Å². The lowest BCUT2D eigenvalue weighted by Gasteiger charge is -2.35. The van der Waals surface area contributed by atoms with E-state index in [4.69, 9.17) is 5.41 Å². The summed E-state index contributed by atoms with van der Waals surface area (Å²) in [7, 11) is 0. The van der Waals surface area contributed by atoms with Crippen LogP contribution in [0.4, 0.5) is 0 Å². The summed E-state index contributed by atoms with van der Waals surface area (Å²) in [6, 6.07) is 9.37. The van der Waals surface area contributed by atoms with Gasteiger partial charge in [-0.05, 0) is 18.4 Å². The first-order chi connectivity index (χ1) is 8.72. The summed E-state index contributed by atoms with van der Waals surface area (Å²) < 4.78 is 0. The molecule has 1 saturated heterocycles. The van der Waals surface area contributed by atoms with Crippen LogP contribution in [0.5, 0.6) is 0 Å². The van der Waals surface area contributed by atoms with Crippen molar-refractivity contribution in [2.45, 2.75) is 0 Å². The fourth-order valence-corrected chi connectivity index (χ4v) is 2.45. The van der Waals surface area contributed by atoms with E-state index in [0.717, 1.165) is 18.7 Å². The third-order valence-corrected chi connectivity index (χ3v) is 3.71. The Morgan fingerprint density at radius 3 is 2.22 bits per heavy atom. The second-order valence-electron chi connectivity index (χ2n) is 4.15. The lowest BCUT2D eigenvalue weighted by Crippen LogP contribution is -2.49. The smallest absolute Gasteiger partial charge is 0.253 e. The lowest BCUT2D eigenvalue weighted by atomic mass is 10.2. The second-order valence-corrected chi connectivity index (χ2v) is 4.95. The molecule has 0 saturated carbocycles. The minimum absolute atomic E-state index is 0.0888. The highest BCUT2D eigenvalue weighted by Crippen LogP contribution is 2.11. The summed E-state index contributed by atoms with van der Waals surface area (Å²) >= 11 is 1.44. The molecule has 1 aliphatic rings. The molecule has 0 bridgehead atoms. The summed E-state index contributed by atoms with van der Waals surface area (Å²) in [5.74, 6) is 0.0888. The van der Waals surface area contributed by atoms with Crippen molar-refractivity contribution in [3.8, 4) is 0 Å². The van der Waals surface area contributed by atoms with Gasteiger partial charge in [-0.3, -0.25) is 10.2 Å². The number of thioether (sulfide) groups is 1. The Kier molecular flexibility index (Phi) is 4.25. The molecule has 2 rings (SSSR count). The van der Waals surface area contributed by atoms with E-state index in [1.165, 1.54) is 11.8 Å². The number of amidine groups is 1. The number of hydrogen-bond acceptors (Lipinski definition) is 3. The fraction of sp³-hybridized carbons (Fsp3) is 0.385. The number of nitrogens with zero attached hydrogens (tertiary/aromatic N) is 2. The van der Waals surface area contributed by atoms with Crippen molar-refractivity contribution in [2.24, 2.45) is 0 Å². The van der Waals surface area contributed by atoms with Crippen molar-refractivity contribution in [1.82, 2.24) is 9.80 Å². The van der Waals surface area contributed by atoms with Gasteiger partial charge in [-0.15, -0.1) is 0 Å². The van der Waals surface area contributed by atoms with Crippen molar-refractivity contribution in [2.75, 3.05) is 32.4 Å². The molecule has 1 aliphatic heterocycles. The maximum Gasteiger partial charge on any atom is 0.253 e. The third kappa shape index (κ3) is 2.85. The van der Waals surface area contributed by atoms with Crippen LogP contribution in [-0.4, -0.2) is 53.3 Å². The van der Waals surface area contributed by atoms with Crippen molar-refractivity contribution >= 4 is 22.8 Å². The first-order valence-electron chi connectivity index (χ1n) is 5.94. The second kappa shape index (κ2) is 5.91. The minimum Gasteiger partial charge on any atom is -0.348 e. The maximum atomic E-state index is 12.2. The van der Waals surface area contributed by atoms with Gasteiger partial charge in [0, 0.05) is 31.7 Å². The van der Waals surface area contributed by atoms with Gasteiger partial charge in [0.15, 0.2) is 5.17 Å². The topological polar surface area (TPSA) is 47.4 Å². The van der Waals surface area contributed by atoms with Gasteiger partial charge in [-0.2, -0.15) is 0 Å². The molecule has 1 aromatic carbocycles. The van der Waals surface area contributed by atoms with Crippen LogP contribution >= 0.6 is 11.8 Å². The zero-order chi connectivity index (χ0) is 13.0. The highest BCUT2D eigenvalue weighted by Gasteiger charge is 2.22. The van der Waals surface area contributed by atoms with Gasteiger partial charge in [-0.1, -0.05) is 30.0 Å². The average molecular weight is 263 g/mol. The van der Waals surface area contributed by atoms with Crippen LogP contribution in [0.25, 0.3) is 0 Å². The molecule has 0 spiro atoms. The summed E-state index contributed by atoms with van der Waals surface area (Å²) in [5, 5.41) is 8.34. The lowest BCUT2D eigenvalue weighted by molar-refractivity contribution is 0.0693. The Bertz CT molecular complexity index is 427. The van der Waals surface area contributed by atoms with Crippen LogP contribution in [0, 0.1) is 5.41 Å². The van der Waals surface area contributed by atoms with E-state index in [2.05, 4.69) is 0 Å². The molecule has 0 unspecified atom stereocenters. The third-order valence-electron chi connectivity index (χ3n) is 3.07. The highest BCUT2D eigenvalue weighted by atomic mass is 32.2. The molecule has 1 aromatic rings. The van der Waals surface area contributed by atoms with E-state index < -0.39 is 0 Å². The van der Waals surface area contributed by atoms with Gasteiger partial charge < -0.3 is 9.80 Å². The van der Waals surface area contributed by atoms with Crippen molar-refractivity contribution in [1.29, 1.82) is 5.41 Å². The Morgan fingerprint density at radius 1 is 1.11 bits per heavy atom. The summed E-state index contributed by atoms with van der Waals surface area (Å²) in [6.45, 7) is 2.88. The molecule has 0 atom stereocenters. The largest absolute Gasteiger partial charge is 0.348 e. The van der Waals surface area contributed by atoms with Gasteiger partial charge in [0.05, 0.1) is 0 Å². The number of nitrogens with one attached hydrogen (secondary N) is 1. The number of carbonyl (C=O) groups excluding carboxylic acids is 1. The molecule has 18 heavy (non-hydrogen) atoms. The van der Waals surface area contributed by atoms with Crippen LogP contribution in [0.2, 0.25) is 0 Å². The Balaban J connectivity index is 1.94. The van der Waals surface area contributed by atoms with Gasteiger partial charge >= 0.3 is 0 Å². The SMILES string of the molecule is CSC(=N)N1CCN(C(=O)c2ccccc2)CC1. The molecule has 4 nitrogen and oxygen atoms in total. The molecule has 1 N–H and O–H groups in total. The Hall–Kier alpha value is -1.49. The predicted octanol–water partition coefficient (Wildman–Crippen LogP) is 1.74. The number of rotatable bonds is 1. The monoisotopic (exact) mass is 263 g/mol. The summed E-state index contributed by atoms with van der Waals surface area (Å²) in [4.78, 5) is 16.1. The van der Waals surface area contributed by atoms with E-state index >= 15 is 0 Å². The Labute approximate surface area is 111 Å². The number of hydrogen-bond donors (Lipinski definition) is 1. The molecular formula is C13H17N3OS. The average Bonchev–Trinajstić information content (AvgIpc) is 2.47. The minimum atomic E-state index is 0.0888. The number of benzene rings is 1. The van der Waals surface area contributed by atoms with Crippen molar-refractivity contribution < 1.29 is 4.79 Å². The first kappa shape index (κ1) is 13.0. The summed E-state index contributed by atoms with van der Waals surface area (Å²) in [6.07, 6.45) is 1.91. The van der Waals surface area contributed by atoms with Crippen LogP contribution in [0.1, 0.15) is 10.4 Å². The quantitative estimate of drug-likeness (QED) is 0.620. The molecular weight excluding hydrogens is 246 g/mol. The molecule has 0 aliphatic carbocycles. The number of piperazine rings is 1. The van der Waals surface area contributed by atoms with Gasteiger partial charge in [0.25, 0.3) is 5.91 Å². The zero-order valence-electron chi connectivity index (χ0n) is 10.4. The van der Waals surface area contributed by atoms with Gasteiger partial charge in [-0.25, -0.2) is 0 Å². The Morgan fingerprint density at radius 2 is 1.67 bits per heavy atom. The van der Waals surface area contributed by atoms with E-state index in [0.29, 0.717) is 18.3 Å². The van der Waals surface area contributed by atoms with E-state index in [1.54, 1.807) is 0 Å². The molecule has 0 aromatic heterocycles. The van der Waals surface area contributed by atoms with Crippen molar-refractivity contribution in [3.63, 3.8) is 0 Å². The first-order valence-corrected chi connectivity index (χ1v) is 7.16. The molecule has 0 radical (unpaired) electrons. The van der Waals surface area contributed by atoms with Gasteiger partial charge in [0.2, 0.25) is 0 Å². The number of carbonyl (C=O) groups is 1. The van der Waals surface area contributed by atoms with E-state index in [-0.39, 0.29) is 5.91 Å². The van der Waals surface area contributed by atoms with E-state index in [1.807, 2.05) is 46.4 Å². The standard InChI is InChI=1S/C13H17N3OS/c1-18-13(14)16-9-7-15(8-10-16)12(17)11-5-3-2-4-6-11/h2-6,14H,7-10H2,1H3. The van der Waals surface area contributed by atoms with Gasteiger partial charge in [0.1, 0.15) is 0 Å². The highest BCUT2D eigenvalue weighted by molar-refractivity contribution is 8.13. The number of amides is 1. The normalized spacial score (nSPS) is 15.6. The maximum absolute atomic E-state index is 12.2. The predicted molar refractivity (Wildman–Crippen MR) is 75.2 cm³/mol. The molecule has 1 fully saturated rings. The fourth-order valence-electron chi connectivity index (χ4n) is 2.01. The molecule has 96 valence electrons. The molecule has 1 heterocycles.